The molecular weight excluding hydrogens is 268 g/mol. The molecule has 0 saturated carbocycles. The summed E-state index contributed by atoms with van der Waals surface area (Å²) < 4.78 is 5.10. The van der Waals surface area contributed by atoms with Gasteiger partial charge in [-0.2, -0.15) is 0 Å². The summed E-state index contributed by atoms with van der Waals surface area (Å²) in [6.07, 6.45) is 4.28. The minimum absolute atomic E-state index is 0.819. The van der Waals surface area contributed by atoms with Crippen LogP contribution in [0.1, 0.15) is 12.8 Å². The maximum absolute atomic E-state index is 5.10. The van der Waals surface area contributed by atoms with Crippen LogP contribution in [0.2, 0.25) is 0 Å². The molecule has 0 aliphatic carbocycles. The third-order valence-electron chi connectivity index (χ3n) is 3.11. The first-order valence-corrected chi connectivity index (χ1v) is 6.76. The zero-order chi connectivity index (χ0) is 11.4. The number of halogens is 1. The first-order chi connectivity index (χ1) is 7.83. The number of aromatic nitrogens is 1. The Bertz CT molecular complexity index is 320. The van der Waals surface area contributed by atoms with E-state index in [0.717, 1.165) is 35.9 Å². The Kier molecular flexibility index (Phi) is 4.04. The molecule has 1 aliphatic heterocycles. The van der Waals surface area contributed by atoms with E-state index in [0.29, 0.717) is 0 Å². The van der Waals surface area contributed by atoms with Gasteiger partial charge in [0.05, 0.1) is 13.3 Å². The topological polar surface area (TPSA) is 25.4 Å². The van der Waals surface area contributed by atoms with Crippen molar-refractivity contribution in [3.05, 3.63) is 18.3 Å². The van der Waals surface area contributed by atoms with Crippen LogP contribution in [0.15, 0.2) is 18.3 Å². The van der Waals surface area contributed by atoms with Crippen molar-refractivity contribution in [1.29, 1.82) is 0 Å². The van der Waals surface area contributed by atoms with Crippen LogP contribution in [0.4, 0.5) is 5.82 Å². The van der Waals surface area contributed by atoms with E-state index in [1.54, 1.807) is 13.3 Å². The van der Waals surface area contributed by atoms with E-state index >= 15 is 0 Å². The third-order valence-corrected chi connectivity index (χ3v) is 4.03. The Morgan fingerprint density at radius 1 is 1.44 bits per heavy atom. The molecule has 2 rings (SSSR count). The fourth-order valence-electron chi connectivity index (χ4n) is 2.00. The second-order valence-corrected chi connectivity index (χ2v) is 4.79. The number of pyridine rings is 1. The van der Waals surface area contributed by atoms with Crippen molar-refractivity contribution >= 4 is 21.7 Å². The summed E-state index contributed by atoms with van der Waals surface area (Å²) in [5.41, 5.74) is 0. The molecule has 1 aliphatic rings. The monoisotopic (exact) mass is 284 g/mol. The fraction of sp³-hybridized carbons (Fsp3) is 0.583. The zero-order valence-electron chi connectivity index (χ0n) is 9.53. The molecule has 3 nitrogen and oxygen atoms in total. The quantitative estimate of drug-likeness (QED) is 0.798. The smallest absolute Gasteiger partial charge is 0.137 e. The molecule has 0 N–H and O–H groups in total. The van der Waals surface area contributed by atoms with E-state index < -0.39 is 0 Å². The maximum Gasteiger partial charge on any atom is 0.137 e. The fourth-order valence-corrected chi connectivity index (χ4v) is 2.64. The van der Waals surface area contributed by atoms with Gasteiger partial charge in [-0.05, 0) is 30.9 Å². The minimum atomic E-state index is 0.819. The molecule has 0 radical (unpaired) electrons. The highest BCUT2D eigenvalue weighted by Gasteiger charge is 2.18. The lowest BCUT2D eigenvalue weighted by Crippen LogP contribution is -2.34. The van der Waals surface area contributed by atoms with Gasteiger partial charge in [0.1, 0.15) is 11.6 Å². The SMILES string of the molecule is COc1ccc(N2CCC(CBr)CC2)nc1. The number of anilines is 1. The molecule has 0 spiro atoms. The minimum Gasteiger partial charge on any atom is -0.495 e. The van der Waals surface area contributed by atoms with Crippen LogP contribution in [0.5, 0.6) is 5.75 Å². The Labute approximate surface area is 105 Å². The van der Waals surface area contributed by atoms with Crippen molar-refractivity contribution < 1.29 is 4.74 Å². The molecule has 1 fully saturated rings. The highest BCUT2D eigenvalue weighted by atomic mass is 79.9. The summed E-state index contributed by atoms with van der Waals surface area (Å²) in [7, 11) is 1.66. The van der Waals surface area contributed by atoms with Crippen LogP contribution in [0.3, 0.4) is 0 Å². The molecule has 1 aromatic rings. The molecule has 4 heteroatoms. The Hall–Kier alpha value is -0.770. The molecule has 2 heterocycles. The van der Waals surface area contributed by atoms with Gasteiger partial charge >= 0.3 is 0 Å². The third kappa shape index (κ3) is 2.67. The number of hydrogen-bond donors (Lipinski definition) is 0. The lowest BCUT2D eigenvalue weighted by atomic mass is 9.99. The van der Waals surface area contributed by atoms with Gasteiger partial charge in [-0.1, -0.05) is 15.9 Å². The van der Waals surface area contributed by atoms with Gasteiger partial charge < -0.3 is 9.64 Å². The van der Waals surface area contributed by atoms with Crippen molar-refractivity contribution in [2.24, 2.45) is 5.92 Å². The average molecular weight is 285 g/mol. The van der Waals surface area contributed by atoms with Crippen molar-refractivity contribution in [3.8, 4) is 5.75 Å². The van der Waals surface area contributed by atoms with Crippen molar-refractivity contribution in [1.82, 2.24) is 4.98 Å². The van der Waals surface area contributed by atoms with Crippen molar-refractivity contribution in [2.75, 3.05) is 30.4 Å². The molecule has 0 atom stereocenters. The van der Waals surface area contributed by atoms with Crippen molar-refractivity contribution in [3.63, 3.8) is 0 Å². The van der Waals surface area contributed by atoms with Crippen molar-refractivity contribution in [2.45, 2.75) is 12.8 Å². The van der Waals surface area contributed by atoms with Gasteiger partial charge in [-0.15, -0.1) is 0 Å². The number of alkyl halides is 1. The lowest BCUT2D eigenvalue weighted by Gasteiger charge is -2.32. The van der Waals surface area contributed by atoms with Gasteiger partial charge in [0.2, 0.25) is 0 Å². The number of methoxy groups -OCH3 is 1. The molecule has 0 bridgehead atoms. The van der Waals surface area contributed by atoms with E-state index in [4.69, 9.17) is 4.74 Å². The standard InChI is InChI=1S/C12H17BrN2O/c1-16-11-2-3-12(14-9-11)15-6-4-10(8-13)5-7-15/h2-3,9-10H,4-8H2,1H3. The molecule has 0 unspecified atom stereocenters. The maximum atomic E-state index is 5.10. The van der Waals surface area contributed by atoms with E-state index in [2.05, 4.69) is 25.8 Å². The second kappa shape index (κ2) is 5.53. The van der Waals surface area contributed by atoms with Gasteiger partial charge in [0.25, 0.3) is 0 Å². The van der Waals surface area contributed by atoms with E-state index in [9.17, 15) is 0 Å². The van der Waals surface area contributed by atoms with Gasteiger partial charge in [-0.25, -0.2) is 4.98 Å². The molecule has 0 aromatic carbocycles. The number of hydrogen-bond acceptors (Lipinski definition) is 3. The molecule has 0 amide bonds. The first kappa shape index (κ1) is 11.7. The van der Waals surface area contributed by atoms with Crippen LogP contribution in [-0.4, -0.2) is 30.5 Å². The second-order valence-electron chi connectivity index (χ2n) is 4.14. The van der Waals surface area contributed by atoms with Crippen LogP contribution in [0, 0.1) is 5.92 Å². The first-order valence-electron chi connectivity index (χ1n) is 5.64. The highest BCUT2D eigenvalue weighted by Crippen LogP contribution is 2.23. The Morgan fingerprint density at radius 2 is 2.19 bits per heavy atom. The summed E-state index contributed by atoms with van der Waals surface area (Å²) in [5.74, 6) is 2.71. The van der Waals surface area contributed by atoms with Gasteiger partial charge in [0, 0.05) is 18.4 Å². The average Bonchev–Trinajstić information content (AvgIpc) is 2.39. The van der Waals surface area contributed by atoms with E-state index in [1.807, 2.05) is 12.1 Å². The normalized spacial score (nSPS) is 17.5. The van der Waals surface area contributed by atoms with Crippen LogP contribution in [0.25, 0.3) is 0 Å². The Morgan fingerprint density at radius 3 is 2.69 bits per heavy atom. The lowest BCUT2D eigenvalue weighted by molar-refractivity contribution is 0.412. The number of rotatable bonds is 3. The molecule has 1 saturated heterocycles. The highest BCUT2D eigenvalue weighted by molar-refractivity contribution is 9.09. The van der Waals surface area contributed by atoms with Crippen LogP contribution in [-0.2, 0) is 0 Å². The predicted molar refractivity (Wildman–Crippen MR) is 69.5 cm³/mol. The number of ether oxygens (including phenoxy) is 1. The predicted octanol–water partition coefficient (Wildman–Crippen LogP) is 2.70. The van der Waals surface area contributed by atoms with Crippen LogP contribution < -0.4 is 9.64 Å². The zero-order valence-corrected chi connectivity index (χ0v) is 11.1. The van der Waals surface area contributed by atoms with Gasteiger partial charge in [-0.3, -0.25) is 0 Å². The molecule has 88 valence electrons. The molecule has 16 heavy (non-hydrogen) atoms. The van der Waals surface area contributed by atoms with Crippen LogP contribution >= 0.6 is 15.9 Å². The number of nitrogens with zero attached hydrogens (tertiary/aromatic N) is 2. The largest absolute Gasteiger partial charge is 0.495 e. The summed E-state index contributed by atoms with van der Waals surface area (Å²) >= 11 is 3.56. The van der Waals surface area contributed by atoms with Gasteiger partial charge in [0.15, 0.2) is 0 Å². The summed E-state index contributed by atoms with van der Waals surface area (Å²) in [6.45, 7) is 2.21. The van der Waals surface area contributed by atoms with E-state index in [1.165, 1.54) is 12.8 Å². The Balaban J connectivity index is 1.97. The van der Waals surface area contributed by atoms with E-state index in [-0.39, 0.29) is 0 Å². The summed E-state index contributed by atoms with van der Waals surface area (Å²) in [6, 6.07) is 4.01. The summed E-state index contributed by atoms with van der Waals surface area (Å²) in [4.78, 5) is 6.76. The number of piperidine rings is 1. The molecule has 1 aromatic heterocycles. The molecular formula is C12H17BrN2O. The summed E-state index contributed by atoms with van der Waals surface area (Å²) in [5, 5.41) is 1.12.